The van der Waals surface area contributed by atoms with Crippen molar-refractivity contribution in [1.82, 2.24) is 5.32 Å². The number of hydrogen-bond acceptors (Lipinski definition) is 1. The maximum Gasteiger partial charge on any atom is 0.0432 e. The monoisotopic (exact) mass is 211 g/mol. The molecule has 14 heavy (non-hydrogen) atoms. The Morgan fingerprint density at radius 1 is 1.29 bits per heavy atom. The van der Waals surface area contributed by atoms with Crippen molar-refractivity contribution < 1.29 is 0 Å². The van der Waals surface area contributed by atoms with Gasteiger partial charge < -0.3 is 5.32 Å². The summed E-state index contributed by atoms with van der Waals surface area (Å²) in [5.41, 5.74) is 1.73. The summed E-state index contributed by atoms with van der Waals surface area (Å²) in [6.45, 7) is 3.44. The first-order valence-electron chi connectivity index (χ1n) is 5.18. The zero-order valence-corrected chi connectivity index (χ0v) is 9.44. The second-order valence-corrected chi connectivity index (χ2v) is 3.83. The van der Waals surface area contributed by atoms with E-state index in [1.165, 1.54) is 31.4 Å². The van der Waals surface area contributed by atoms with Gasteiger partial charge in [0.2, 0.25) is 0 Å². The van der Waals surface area contributed by atoms with Crippen molar-refractivity contribution in [3.8, 4) is 0 Å². The first-order valence-corrected chi connectivity index (χ1v) is 5.18. The van der Waals surface area contributed by atoms with Gasteiger partial charge in [0.25, 0.3) is 0 Å². The standard InChI is InChI=1S/C12H17N.ClH/c1-2-12(9-6-10-13-12)11-7-4-3-5-8-11;/h3-5,7-8,13H,2,6,9-10H2,1H3;1H. The minimum Gasteiger partial charge on any atom is -0.307 e. The molecule has 1 saturated heterocycles. The molecule has 1 fully saturated rings. The Morgan fingerprint density at radius 3 is 2.50 bits per heavy atom. The molecule has 1 nitrogen and oxygen atoms in total. The fraction of sp³-hybridized carbons (Fsp3) is 0.500. The van der Waals surface area contributed by atoms with Gasteiger partial charge in [0.1, 0.15) is 0 Å². The predicted octanol–water partition coefficient (Wildman–Crippen LogP) is 3.10. The van der Waals surface area contributed by atoms with Crippen LogP contribution in [0.1, 0.15) is 31.7 Å². The molecule has 2 heteroatoms. The van der Waals surface area contributed by atoms with E-state index in [-0.39, 0.29) is 17.9 Å². The number of rotatable bonds is 2. The van der Waals surface area contributed by atoms with E-state index in [0.717, 1.165) is 0 Å². The van der Waals surface area contributed by atoms with Gasteiger partial charge in [-0.05, 0) is 31.4 Å². The third-order valence-electron chi connectivity index (χ3n) is 3.17. The van der Waals surface area contributed by atoms with Crippen molar-refractivity contribution in [3.63, 3.8) is 0 Å². The van der Waals surface area contributed by atoms with E-state index in [9.17, 15) is 0 Å². The average molecular weight is 212 g/mol. The number of nitrogens with one attached hydrogen (secondary N) is 1. The van der Waals surface area contributed by atoms with Crippen LogP contribution in [0.5, 0.6) is 0 Å². The van der Waals surface area contributed by atoms with Crippen molar-refractivity contribution in [3.05, 3.63) is 35.9 Å². The molecule has 1 N–H and O–H groups in total. The Hall–Kier alpha value is -0.530. The Morgan fingerprint density at radius 2 is 2.00 bits per heavy atom. The molecule has 0 bridgehead atoms. The van der Waals surface area contributed by atoms with Crippen LogP contribution < -0.4 is 5.32 Å². The highest BCUT2D eigenvalue weighted by Crippen LogP contribution is 2.33. The van der Waals surface area contributed by atoms with Crippen LogP contribution in [0.15, 0.2) is 30.3 Å². The van der Waals surface area contributed by atoms with Crippen LogP contribution in [0.3, 0.4) is 0 Å². The maximum absolute atomic E-state index is 3.64. The molecule has 1 atom stereocenters. The first-order chi connectivity index (χ1) is 6.37. The second kappa shape index (κ2) is 4.81. The highest BCUT2D eigenvalue weighted by Gasteiger charge is 2.32. The lowest BCUT2D eigenvalue weighted by Crippen LogP contribution is -2.35. The molecule has 0 spiro atoms. The maximum atomic E-state index is 3.64. The molecule has 0 radical (unpaired) electrons. The largest absolute Gasteiger partial charge is 0.307 e. The second-order valence-electron chi connectivity index (χ2n) is 3.83. The van der Waals surface area contributed by atoms with Crippen molar-refractivity contribution in [2.45, 2.75) is 31.7 Å². The molecule has 1 unspecified atom stereocenters. The van der Waals surface area contributed by atoms with Crippen LogP contribution in [0, 0.1) is 0 Å². The molecule has 0 saturated carbocycles. The topological polar surface area (TPSA) is 12.0 Å². The SMILES string of the molecule is CCC1(c2ccccc2)CCCN1.Cl. The van der Waals surface area contributed by atoms with E-state index in [2.05, 4.69) is 42.6 Å². The lowest BCUT2D eigenvalue weighted by molar-refractivity contribution is 0.376. The first kappa shape index (κ1) is 11.5. The van der Waals surface area contributed by atoms with E-state index in [1.807, 2.05) is 0 Å². The van der Waals surface area contributed by atoms with Gasteiger partial charge in [0.15, 0.2) is 0 Å². The van der Waals surface area contributed by atoms with Crippen molar-refractivity contribution in [2.75, 3.05) is 6.54 Å². The van der Waals surface area contributed by atoms with E-state index in [1.54, 1.807) is 0 Å². The Labute approximate surface area is 92.3 Å². The number of halogens is 1. The Balaban J connectivity index is 0.000000980. The molecule has 1 aromatic rings. The molecule has 78 valence electrons. The zero-order chi connectivity index (χ0) is 9.15. The van der Waals surface area contributed by atoms with E-state index in [0.29, 0.717) is 0 Å². The number of benzene rings is 1. The fourth-order valence-corrected chi connectivity index (χ4v) is 2.32. The molecule has 1 heterocycles. The van der Waals surface area contributed by atoms with Crippen molar-refractivity contribution in [2.24, 2.45) is 0 Å². The highest BCUT2D eigenvalue weighted by molar-refractivity contribution is 5.85. The fourth-order valence-electron chi connectivity index (χ4n) is 2.32. The van der Waals surface area contributed by atoms with Gasteiger partial charge in [0, 0.05) is 5.54 Å². The number of hydrogen-bond donors (Lipinski definition) is 1. The summed E-state index contributed by atoms with van der Waals surface area (Å²) in [7, 11) is 0. The summed E-state index contributed by atoms with van der Waals surface area (Å²) < 4.78 is 0. The van der Waals surface area contributed by atoms with Gasteiger partial charge in [-0.15, -0.1) is 12.4 Å². The van der Waals surface area contributed by atoms with Crippen LogP contribution >= 0.6 is 12.4 Å². The molecule has 0 aromatic heterocycles. The molecule has 0 amide bonds. The van der Waals surface area contributed by atoms with E-state index in [4.69, 9.17) is 0 Å². The molecular weight excluding hydrogens is 194 g/mol. The van der Waals surface area contributed by atoms with Crippen LogP contribution in [0.2, 0.25) is 0 Å². The third kappa shape index (κ3) is 1.94. The molecule has 1 aliphatic rings. The summed E-state index contributed by atoms with van der Waals surface area (Å²) in [4.78, 5) is 0. The lowest BCUT2D eigenvalue weighted by atomic mass is 9.86. The van der Waals surface area contributed by atoms with Gasteiger partial charge >= 0.3 is 0 Å². The summed E-state index contributed by atoms with van der Waals surface area (Å²) in [5.74, 6) is 0. The molecular formula is C12H18ClN. The Bertz CT molecular complexity index is 265. The van der Waals surface area contributed by atoms with E-state index < -0.39 is 0 Å². The predicted molar refractivity (Wildman–Crippen MR) is 62.9 cm³/mol. The Kier molecular flexibility index (Phi) is 3.97. The van der Waals surface area contributed by atoms with Gasteiger partial charge in [0.05, 0.1) is 0 Å². The summed E-state index contributed by atoms with van der Waals surface area (Å²) >= 11 is 0. The van der Waals surface area contributed by atoms with Crippen molar-refractivity contribution in [1.29, 1.82) is 0 Å². The highest BCUT2D eigenvalue weighted by atomic mass is 35.5. The quantitative estimate of drug-likeness (QED) is 0.793. The zero-order valence-electron chi connectivity index (χ0n) is 8.62. The average Bonchev–Trinajstić information content (AvgIpc) is 2.69. The molecule has 2 rings (SSSR count). The van der Waals surface area contributed by atoms with Crippen LogP contribution in [-0.2, 0) is 5.54 Å². The van der Waals surface area contributed by atoms with E-state index >= 15 is 0 Å². The summed E-state index contributed by atoms with van der Waals surface area (Å²) in [5, 5.41) is 3.64. The van der Waals surface area contributed by atoms with Crippen LogP contribution in [-0.4, -0.2) is 6.54 Å². The van der Waals surface area contributed by atoms with Gasteiger partial charge in [-0.3, -0.25) is 0 Å². The minimum atomic E-state index is 0. The van der Waals surface area contributed by atoms with Crippen LogP contribution in [0.25, 0.3) is 0 Å². The third-order valence-corrected chi connectivity index (χ3v) is 3.17. The smallest absolute Gasteiger partial charge is 0.0432 e. The van der Waals surface area contributed by atoms with Crippen molar-refractivity contribution >= 4 is 12.4 Å². The van der Waals surface area contributed by atoms with Gasteiger partial charge in [-0.2, -0.15) is 0 Å². The molecule has 1 aliphatic heterocycles. The molecule has 1 aromatic carbocycles. The molecule has 0 aliphatic carbocycles. The minimum absolute atomic E-state index is 0. The van der Waals surface area contributed by atoms with Gasteiger partial charge in [-0.1, -0.05) is 37.3 Å². The summed E-state index contributed by atoms with van der Waals surface area (Å²) in [6.07, 6.45) is 3.78. The lowest BCUT2D eigenvalue weighted by Gasteiger charge is -2.28. The van der Waals surface area contributed by atoms with Crippen LogP contribution in [0.4, 0.5) is 0 Å². The normalized spacial score (nSPS) is 25.8. The van der Waals surface area contributed by atoms with Gasteiger partial charge in [-0.25, -0.2) is 0 Å². The summed E-state index contributed by atoms with van der Waals surface area (Å²) in [6, 6.07) is 10.8.